The molecular weight excluding hydrogens is 210 g/mol. The lowest BCUT2D eigenvalue weighted by Gasteiger charge is -2.29. The maximum Gasteiger partial charge on any atom is 0.248 e. The predicted octanol–water partition coefficient (Wildman–Crippen LogP) is 3.79. The van der Waals surface area contributed by atoms with E-state index >= 15 is 0 Å². The molecule has 16 heavy (non-hydrogen) atoms. The van der Waals surface area contributed by atoms with Crippen molar-refractivity contribution in [2.45, 2.75) is 37.5 Å². The van der Waals surface area contributed by atoms with E-state index in [1.54, 1.807) is 24.3 Å². The van der Waals surface area contributed by atoms with Gasteiger partial charge in [0.05, 0.1) is 0 Å². The van der Waals surface area contributed by atoms with E-state index < -0.39 is 5.92 Å². The van der Waals surface area contributed by atoms with E-state index in [9.17, 15) is 13.6 Å². The van der Waals surface area contributed by atoms with Gasteiger partial charge in [-0.2, -0.15) is 0 Å². The summed E-state index contributed by atoms with van der Waals surface area (Å²) < 4.78 is 26.6. The maximum atomic E-state index is 13.3. The second-order valence-electron chi connectivity index (χ2n) is 4.40. The molecule has 86 valence electrons. The Morgan fingerprint density at radius 3 is 2.75 bits per heavy atom. The van der Waals surface area contributed by atoms with Crippen LogP contribution in [0.15, 0.2) is 24.3 Å². The number of hydrogen-bond acceptors (Lipinski definition) is 1. The molecule has 1 atom stereocenters. The molecule has 1 fully saturated rings. The Morgan fingerprint density at radius 1 is 1.31 bits per heavy atom. The Labute approximate surface area is 93.5 Å². The number of hydrogen-bond donors (Lipinski definition) is 0. The molecule has 1 nitrogen and oxygen atoms in total. The molecule has 2 rings (SSSR count). The molecule has 1 aromatic rings. The second-order valence-corrected chi connectivity index (χ2v) is 4.40. The summed E-state index contributed by atoms with van der Waals surface area (Å²) in [4.78, 5) is 10.8. The number of benzene rings is 1. The van der Waals surface area contributed by atoms with Gasteiger partial charge in [-0.3, -0.25) is 4.79 Å². The molecule has 1 saturated carbocycles. The number of halogens is 2. The third-order valence-corrected chi connectivity index (χ3v) is 3.20. The van der Waals surface area contributed by atoms with Crippen LogP contribution in [0.4, 0.5) is 8.78 Å². The van der Waals surface area contributed by atoms with Crippen molar-refractivity contribution in [2.75, 3.05) is 0 Å². The zero-order chi connectivity index (χ0) is 11.6. The number of carbonyl (C=O) groups is 1. The summed E-state index contributed by atoms with van der Waals surface area (Å²) in [5.41, 5.74) is 1.32. The highest BCUT2D eigenvalue weighted by Crippen LogP contribution is 2.42. The second kappa shape index (κ2) is 4.32. The minimum absolute atomic E-state index is 0.0211. The molecule has 0 aliphatic heterocycles. The van der Waals surface area contributed by atoms with Crippen molar-refractivity contribution in [3.8, 4) is 0 Å². The summed E-state index contributed by atoms with van der Waals surface area (Å²) in [6.07, 6.45) is 1.89. The summed E-state index contributed by atoms with van der Waals surface area (Å²) in [7, 11) is 0. The quantitative estimate of drug-likeness (QED) is 0.698. The maximum absolute atomic E-state index is 13.3. The Balaban J connectivity index is 2.26. The minimum atomic E-state index is -2.57. The molecule has 1 aliphatic rings. The average molecular weight is 224 g/mol. The average Bonchev–Trinajstić information content (AvgIpc) is 2.27. The van der Waals surface area contributed by atoms with Crippen molar-refractivity contribution >= 4 is 6.29 Å². The molecule has 0 aromatic heterocycles. The van der Waals surface area contributed by atoms with Gasteiger partial charge in [0.1, 0.15) is 6.29 Å². The minimum Gasteiger partial charge on any atom is -0.298 e. The van der Waals surface area contributed by atoms with Crippen molar-refractivity contribution in [1.29, 1.82) is 0 Å². The van der Waals surface area contributed by atoms with Crippen LogP contribution in [0, 0.1) is 0 Å². The first-order valence-corrected chi connectivity index (χ1v) is 5.54. The van der Waals surface area contributed by atoms with Crippen LogP contribution in [-0.4, -0.2) is 12.2 Å². The van der Waals surface area contributed by atoms with Crippen LogP contribution in [0.25, 0.3) is 0 Å². The van der Waals surface area contributed by atoms with Gasteiger partial charge in [-0.15, -0.1) is 0 Å². The molecule has 1 unspecified atom stereocenters. The van der Waals surface area contributed by atoms with E-state index in [1.165, 1.54) is 0 Å². The van der Waals surface area contributed by atoms with Gasteiger partial charge in [0.15, 0.2) is 0 Å². The van der Waals surface area contributed by atoms with E-state index in [0.717, 1.165) is 18.3 Å². The predicted molar refractivity (Wildman–Crippen MR) is 58.0 cm³/mol. The van der Waals surface area contributed by atoms with Gasteiger partial charge < -0.3 is 0 Å². The first-order chi connectivity index (χ1) is 7.62. The van der Waals surface area contributed by atoms with Crippen molar-refractivity contribution in [1.82, 2.24) is 0 Å². The van der Waals surface area contributed by atoms with Crippen LogP contribution in [-0.2, 0) is 0 Å². The molecule has 1 aromatic carbocycles. The monoisotopic (exact) mass is 224 g/mol. The molecule has 0 radical (unpaired) electrons. The fourth-order valence-corrected chi connectivity index (χ4v) is 2.43. The molecule has 3 heteroatoms. The van der Waals surface area contributed by atoms with E-state index in [2.05, 4.69) is 0 Å². The largest absolute Gasteiger partial charge is 0.298 e. The normalized spacial score (nSPS) is 24.0. The smallest absolute Gasteiger partial charge is 0.248 e. The fourth-order valence-electron chi connectivity index (χ4n) is 2.43. The first-order valence-electron chi connectivity index (χ1n) is 5.54. The van der Waals surface area contributed by atoms with E-state index in [4.69, 9.17) is 0 Å². The first kappa shape index (κ1) is 11.2. The summed E-state index contributed by atoms with van der Waals surface area (Å²) in [5, 5.41) is 0. The topological polar surface area (TPSA) is 17.1 Å². The molecule has 1 aliphatic carbocycles. The molecular formula is C13H14F2O. The van der Waals surface area contributed by atoms with Crippen LogP contribution < -0.4 is 0 Å². The van der Waals surface area contributed by atoms with Gasteiger partial charge in [0, 0.05) is 18.4 Å². The summed E-state index contributed by atoms with van der Waals surface area (Å²) in [5.74, 6) is -2.75. The Morgan fingerprint density at radius 2 is 2.06 bits per heavy atom. The van der Waals surface area contributed by atoms with Crippen LogP contribution >= 0.6 is 0 Å². The number of carbonyl (C=O) groups excluding carboxylic acids is 1. The molecule has 0 amide bonds. The fraction of sp³-hybridized carbons (Fsp3) is 0.462. The van der Waals surface area contributed by atoms with Crippen molar-refractivity contribution in [2.24, 2.45) is 0 Å². The highest BCUT2D eigenvalue weighted by molar-refractivity contribution is 5.77. The molecule has 0 heterocycles. The Hall–Kier alpha value is -1.25. The SMILES string of the molecule is O=Cc1ccccc1C1CCCC(F)(F)C1. The standard InChI is InChI=1S/C13H14F2O/c14-13(15)7-3-5-10(8-13)12-6-2-1-4-11(12)9-16/h1-2,4,6,9-10H,3,5,7-8H2. The molecule has 0 bridgehead atoms. The van der Waals surface area contributed by atoms with E-state index in [0.29, 0.717) is 12.0 Å². The Kier molecular flexibility index (Phi) is 3.03. The van der Waals surface area contributed by atoms with Crippen molar-refractivity contribution in [3.05, 3.63) is 35.4 Å². The zero-order valence-electron chi connectivity index (χ0n) is 8.96. The number of aldehydes is 1. The summed E-state index contributed by atoms with van der Waals surface area (Å²) in [6.45, 7) is 0. The third kappa shape index (κ3) is 2.29. The molecule has 0 saturated heterocycles. The molecule has 0 N–H and O–H groups in total. The van der Waals surface area contributed by atoms with Crippen molar-refractivity contribution in [3.63, 3.8) is 0 Å². The zero-order valence-corrected chi connectivity index (χ0v) is 8.96. The van der Waals surface area contributed by atoms with Gasteiger partial charge in [0.2, 0.25) is 5.92 Å². The third-order valence-electron chi connectivity index (χ3n) is 3.20. The van der Waals surface area contributed by atoms with Gasteiger partial charge in [0.25, 0.3) is 0 Å². The van der Waals surface area contributed by atoms with Crippen LogP contribution in [0.3, 0.4) is 0 Å². The number of rotatable bonds is 2. The van der Waals surface area contributed by atoms with Crippen molar-refractivity contribution < 1.29 is 13.6 Å². The van der Waals surface area contributed by atoms with E-state index in [-0.39, 0.29) is 18.8 Å². The van der Waals surface area contributed by atoms with Gasteiger partial charge in [-0.1, -0.05) is 24.3 Å². The summed E-state index contributed by atoms with van der Waals surface area (Å²) >= 11 is 0. The lowest BCUT2D eigenvalue weighted by Crippen LogP contribution is -2.25. The van der Waals surface area contributed by atoms with Gasteiger partial charge in [-0.25, -0.2) is 8.78 Å². The van der Waals surface area contributed by atoms with Gasteiger partial charge >= 0.3 is 0 Å². The lowest BCUT2D eigenvalue weighted by molar-refractivity contribution is -0.0408. The van der Waals surface area contributed by atoms with Crippen LogP contribution in [0.2, 0.25) is 0 Å². The summed E-state index contributed by atoms with van der Waals surface area (Å²) in [6, 6.07) is 7.04. The Bertz CT molecular complexity index is 387. The van der Waals surface area contributed by atoms with E-state index in [1.807, 2.05) is 0 Å². The van der Waals surface area contributed by atoms with Crippen LogP contribution in [0.1, 0.15) is 47.5 Å². The van der Waals surface area contributed by atoms with Crippen LogP contribution in [0.5, 0.6) is 0 Å². The highest BCUT2D eigenvalue weighted by Gasteiger charge is 2.37. The highest BCUT2D eigenvalue weighted by atomic mass is 19.3. The molecule has 0 spiro atoms. The lowest BCUT2D eigenvalue weighted by atomic mass is 9.80. The number of alkyl halides is 2. The van der Waals surface area contributed by atoms with Gasteiger partial charge in [-0.05, 0) is 24.3 Å².